The number of carbonyl (C=O) groups excluding carboxylic acids is 2. The Morgan fingerprint density at radius 1 is 1.00 bits per heavy atom. The summed E-state index contributed by atoms with van der Waals surface area (Å²) >= 11 is 0. The number of ether oxygens (including phenoxy) is 2. The van der Waals surface area contributed by atoms with Crippen molar-refractivity contribution in [2.45, 2.75) is 6.92 Å². The van der Waals surface area contributed by atoms with Crippen LogP contribution in [0.4, 0.5) is 10.5 Å². The molecule has 124 valence electrons. The zero-order chi connectivity index (χ0) is 17.2. The molecule has 2 rings (SSSR count). The molecule has 0 heterocycles. The lowest BCUT2D eigenvalue weighted by Gasteiger charge is -2.06. The Morgan fingerprint density at radius 2 is 1.71 bits per heavy atom. The predicted molar refractivity (Wildman–Crippen MR) is 92.8 cm³/mol. The van der Waals surface area contributed by atoms with Gasteiger partial charge in [-0.15, -0.1) is 0 Å². The van der Waals surface area contributed by atoms with E-state index in [0.717, 1.165) is 5.56 Å². The fraction of sp³-hybridized carbons (Fsp3) is 0.158. The third kappa shape index (κ3) is 5.61. The van der Waals surface area contributed by atoms with Gasteiger partial charge in [-0.2, -0.15) is 0 Å². The summed E-state index contributed by atoms with van der Waals surface area (Å²) in [4.78, 5) is 23.2. The van der Waals surface area contributed by atoms with E-state index in [1.807, 2.05) is 36.4 Å². The molecule has 0 saturated carbocycles. The van der Waals surface area contributed by atoms with Crippen LogP contribution in [0, 0.1) is 0 Å². The van der Waals surface area contributed by atoms with Gasteiger partial charge in [-0.05, 0) is 42.8 Å². The van der Waals surface area contributed by atoms with Crippen molar-refractivity contribution in [3.05, 3.63) is 71.8 Å². The van der Waals surface area contributed by atoms with Gasteiger partial charge in [-0.3, -0.25) is 5.32 Å². The zero-order valence-electron chi connectivity index (χ0n) is 13.4. The molecule has 1 N–H and O–H groups in total. The van der Waals surface area contributed by atoms with Crippen LogP contribution in [-0.2, 0) is 9.47 Å². The van der Waals surface area contributed by atoms with E-state index in [2.05, 4.69) is 5.32 Å². The van der Waals surface area contributed by atoms with Crippen molar-refractivity contribution in [3.63, 3.8) is 0 Å². The summed E-state index contributed by atoms with van der Waals surface area (Å²) in [5.41, 5.74) is 2.01. The highest BCUT2D eigenvalue weighted by atomic mass is 16.5. The molecule has 0 fully saturated rings. The van der Waals surface area contributed by atoms with Gasteiger partial charge in [0.2, 0.25) is 0 Å². The Hall–Kier alpha value is -3.08. The highest BCUT2D eigenvalue weighted by Gasteiger charge is 2.07. The molecule has 2 aromatic carbocycles. The van der Waals surface area contributed by atoms with E-state index in [1.54, 1.807) is 37.3 Å². The van der Waals surface area contributed by atoms with Crippen LogP contribution < -0.4 is 5.32 Å². The van der Waals surface area contributed by atoms with Gasteiger partial charge in [0.05, 0.1) is 12.2 Å². The largest absolute Gasteiger partial charge is 0.458 e. The number of esters is 1. The summed E-state index contributed by atoms with van der Waals surface area (Å²) in [6.45, 7) is 2.22. The maximum absolute atomic E-state index is 11.9. The second-order valence-electron chi connectivity index (χ2n) is 4.83. The molecule has 5 nitrogen and oxygen atoms in total. The summed E-state index contributed by atoms with van der Waals surface area (Å²) in [7, 11) is 0. The smallest absolute Gasteiger partial charge is 0.411 e. The Morgan fingerprint density at radius 3 is 2.38 bits per heavy atom. The third-order valence-corrected chi connectivity index (χ3v) is 3.06. The molecule has 2 aromatic rings. The van der Waals surface area contributed by atoms with Gasteiger partial charge in [0, 0.05) is 5.69 Å². The number of nitrogens with one attached hydrogen (secondary N) is 1. The van der Waals surface area contributed by atoms with Crippen molar-refractivity contribution in [3.8, 4) is 0 Å². The molecule has 0 spiro atoms. The Bertz CT molecular complexity index is 693. The van der Waals surface area contributed by atoms with Crippen LogP contribution in [0.1, 0.15) is 22.8 Å². The van der Waals surface area contributed by atoms with Crippen molar-refractivity contribution < 1.29 is 19.1 Å². The van der Waals surface area contributed by atoms with Crippen LogP contribution >= 0.6 is 0 Å². The molecule has 0 aliphatic heterocycles. The first-order chi connectivity index (χ1) is 11.7. The molecule has 5 heteroatoms. The molecule has 24 heavy (non-hydrogen) atoms. The standard InChI is InChI=1S/C19H19NO4/c1-2-23-19(22)20-17-12-10-16(11-13-17)18(21)24-14-6-9-15-7-4-3-5-8-15/h3-13H,2,14H2,1H3,(H,20,22)/b9-6+. The molecule has 0 atom stereocenters. The summed E-state index contributed by atoms with van der Waals surface area (Å²) in [5.74, 6) is -0.421. The molecule has 0 aliphatic carbocycles. The lowest BCUT2D eigenvalue weighted by molar-refractivity contribution is 0.0550. The van der Waals surface area contributed by atoms with Gasteiger partial charge in [0.25, 0.3) is 0 Å². The van der Waals surface area contributed by atoms with Crippen LogP contribution in [-0.4, -0.2) is 25.3 Å². The first kappa shape index (κ1) is 17.3. The van der Waals surface area contributed by atoms with Gasteiger partial charge in [0.1, 0.15) is 6.61 Å². The summed E-state index contributed by atoms with van der Waals surface area (Å²) in [6.07, 6.45) is 3.14. The van der Waals surface area contributed by atoms with Crippen LogP contribution in [0.3, 0.4) is 0 Å². The van der Waals surface area contributed by atoms with Gasteiger partial charge in [-0.25, -0.2) is 9.59 Å². The summed E-state index contributed by atoms with van der Waals surface area (Å²) in [5, 5.41) is 2.56. The molecule has 0 aliphatic rings. The molecule has 1 amide bonds. The van der Waals surface area contributed by atoms with E-state index in [0.29, 0.717) is 17.9 Å². The number of benzene rings is 2. The first-order valence-corrected chi connectivity index (χ1v) is 7.61. The lowest BCUT2D eigenvalue weighted by atomic mass is 10.2. The third-order valence-electron chi connectivity index (χ3n) is 3.06. The normalized spacial score (nSPS) is 10.4. The van der Waals surface area contributed by atoms with Crippen molar-refractivity contribution >= 4 is 23.8 Å². The molecular weight excluding hydrogens is 306 g/mol. The average Bonchev–Trinajstić information content (AvgIpc) is 2.60. The fourth-order valence-electron chi connectivity index (χ4n) is 1.93. The number of carbonyl (C=O) groups is 2. The molecule has 0 aromatic heterocycles. The topological polar surface area (TPSA) is 64.6 Å². The van der Waals surface area contributed by atoms with E-state index >= 15 is 0 Å². The van der Waals surface area contributed by atoms with E-state index < -0.39 is 12.1 Å². The summed E-state index contributed by atoms with van der Waals surface area (Å²) in [6, 6.07) is 16.2. The maximum atomic E-state index is 11.9. The monoisotopic (exact) mass is 325 g/mol. The second kappa shape index (κ2) is 9.15. The van der Waals surface area contributed by atoms with Crippen LogP contribution in [0.15, 0.2) is 60.7 Å². The van der Waals surface area contributed by atoms with E-state index in [4.69, 9.17) is 9.47 Å². The van der Waals surface area contributed by atoms with E-state index in [-0.39, 0.29) is 6.61 Å². The predicted octanol–water partition coefficient (Wildman–Crippen LogP) is 4.13. The zero-order valence-corrected chi connectivity index (χ0v) is 13.4. The van der Waals surface area contributed by atoms with Crippen molar-refractivity contribution in [1.29, 1.82) is 0 Å². The Kier molecular flexibility index (Phi) is 6.58. The number of anilines is 1. The lowest BCUT2D eigenvalue weighted by Crippen LogP contribution is -2.13. The Labute approximate surface area is 140 Å². The minimum Gasteiger partial charge on any atom is -0.458 e. The number of amides is 1. The van der Waals surface area contributed by atoms with Crippen molar-refractivity contribution in [2.75, 3.05) is 18.5 Å². The van der Waals surface area contributed by atoms with Gasteiger partial charge < -0.3 is 9.47 Å². The van der Waals surface area contributed by atoms with Crippen LogP contribution in [0.5, 0.6) is 0 Å². The number of hydrogen-bond donors (Lipinski definition) is 1. The second-order valence-corrected chi connectivity index (χ2v) is 4.83. The van der Waals surface area contributed by atoms with Gasteiger partial charge in [-0.1, -0.05) is 36.4 Å². The van der Waals surface area contributed by atoms with Gasteiger partial charge in [0.15, 0.2) is 0 Å². The highest BCUT2D eigenvalue weighted by molar-refractivity contribution is 5.91. The maximum Gasteiger partial charge on any atom is 0.411 e. The van der Waals surface area contributed by atoms with Crippen LogP contribution in [0.25, 0.3) is 6.08 Å². The Balaban J connectivity index is 1.82. The SMILES string of the molecule is CCOC(=O)Nc1ccc(C(=O)OC/C=C/c2ccccc2)cc1. The average molecular weight is 325 g/mol. The fourth-order valence-corrected chi connectivity index (χ4v) is 1.93. The van der Waals surface area contributed by atoms with Crippen LogP contribution in [0.2, 0.25) is 0 Å². The van der Waals surface area contributed by atoms with E-state index in [1.165, 1.54) is 0 Å². The molecule has 0 saturated heterocycles. The quantitative estimate of drug-likeness (QED) is 0.811. The summed E-state index contributed by atoms with van der Waals surface area (Å²) < 4.78 is 9.95. The minimum atomic E-state index is -0.529. The van der Waals surface area contributed by atoms with Crippen molar-refractivity contribution in [2.24, 2.45) is 0 Å². The molecule has 0 bridgehead atoms. The highest BCUT2D eigenvalue weighted by Crippen LogP contribution is 2.11. The molecule has 0 unspecified atom stereocenters. The number of hydrogen-bond acceptors (Lipinski definition) is 4. The minimum absolute atomic E-state index is 0.191. The van der Waals surface area contributed by atoms with E-state index in [9.17, 15) is 9.59 Å². The molecule has 0 radical (unpaired) electrons. The number of rotatable bonds is 6. The van der Waals surface area contributed by atoms with Gasteiger partial charge >= 0.3 is 12.1 Å². The molecular formula is C19H19NO4. The first-order valence-electron chi connectivity index (χ1n) is 7.61. The van der Waals surface area contributed by atoms with Crippen molar-refractivity contribution in [1.82, 2.24) is 0 Å².